The number of rotatable bonds is 6. The summed E-state index contributed by atoms with van der Waals surface area (Å²) < 4.78 is 0. The molecule has 0 saturated heterocycles. The summed E-state index contributed by atoms with van der Waals surface area (Å²) in [6.45, 7) is 8.88. The molecule has 0 saturated carbocycles. The van der Waals surface area contributed by atoms with Crippen LogP contribution in [0.25, 0.3) is 0 Å². The van der Waals surface area contributed by atoms with Gasteiger partial charge in [0.05, 0.1) is 0 Å². The lowest BCUT2D eigenvalue weighted by Crippen LogP contribution is -2.02. The molecule has 0 fully saturated rings. The molecule has 0 bridgehead atoms. The van der Waals surface area contributed by atoms with Gasteiger partial charge in [-0.25, -0.2) is 0 Å². The van der Waals surface area contributed by atoms with Crippen LogP contribution in [0.15, 0.2) is 36.4 Å². The highest BCUT2D eigenvalue weighted by molar-refractivity contribution is 5.53. The largest absolute Gasteiger partial charge is 0.398 e. The van der Waals surface area contributed by atoms with Crippen molar-refractivity contribution in [2.45, 2.75) is 58.8 Å². The normalized spacial score (nSPS) is 13.7. The standard InChI is InChI=1S/C21H30N2/c1-5-14(3)18-12-16(7-9-20(18)22)11-17-8-10-21(23)19(13-17)15(4)6-2/h7-10,12-15H,5-6,11,22-23H2,1-4H3. The van der Waals surface area contributed by atoms with Crippen LogP contribution in [0.4, 0.5) is 11.4 Å². The lowest BCUT2D eigenvalue weighted by Gasteiger charge is -2.16. The van der Waals surface area contributed by atoms with Crippen LogP contribution in [0, 0.1) is 0 Å². The van der Waals surface area contributed by atoms with E-state index in [9.17, 15) is 0 Å². The molecule has 0 amide bonds. The van der Waals surface area contributed by atoms with E-state index in [0.717, 1.165) is 30.6 Å². The maximum Gasteiger partial charge on any atom is 0.0349 e. The van der Waals surface area contributed by atoms with Gasteiger partial charge in [-0.2, -0.15) is 0 Å². The Kier molecular flexibility index (Phi) is 5.70. The van der Waals surface area contributed by atoms with Gasteiger partial charge in [-0.15, -0.1) is 0 Å². The van der Waals surface area contributed by atoms with Crippen molar-refractivity contribution in [3.05, 3.63) is 58.7 Å². The summed E-state index contributed by atoms with van der Waals surface area (Å²) in [5.74, 6) is 0.995. The highest BCUT2D eigenvalue weighted by Crippen LogP contribution is 2.29. The van der Waals surface area contributed by atoms with Crippen molar-refractivity contribution in [1.82, 2.24) is 0 Å². The van der Waals surface area contributed by atoms with Crippen LogP contribution in [0.3, 0.4) is 0 Å². The molecule has 2 atom stereocenters. The van der Waals surface area contributed by atoms with E-state index in [1.807, 2.05) is 12.1 Å². The van der Waals surface area contributed by atoms with Crippen molar-refractivity contribution in [2.24, 2.45) is 0 Å². The first-order valence-corrected chi connectivity index (χ1v) is 8.72. The van der Waals surface area contributed by atoms with Gasteiger partial charge in [0.1, 0.15) is 0 Å². The second-order valence-electron chi connectivity index (χ2n) is 6.72. The maximum absolute atomic E-state index is 6.14. The minimum absolute atomic E-state index is 0.497. The monoisotopic (exact) mass is 310 g/mol. The third-order valence-corrected chi connectivity index (χ3v) is 5.00. The van der Waals surface area contributed by atoms with Crippen molar-refractivity contribution in [2.75, 3.05) is 11.5 Å². The Morgan fingerprint density at radius 3 is 1.48 bits per heavy atom. The van der Waals surface area contributed by atoms with Gasteiger partial charge in [-0.1, -0.05) is 52.0 Å². The molecular weight excluding hydrogens is 280 g/mol. The van der Waals surface area contributed by atoms with E-state index in [-0.39, 0.29) is 0 Å². The molecule has 124 valence electrons. The van der Waals surface area contributed by atoms with Crippen LogP contribution in [0.2, 0.25) is 0 Å². The summed E-state index contributed by atoms with van der Waals surface area (Å²) in [6, 6.07) is 12.9. The Morgan fingerprint density at radius 1 is 0.739 bits per heavy atom. The van der Waals surface area contributed by atoms with Crippen LogP contribution < -0.4 is 11.5 Å². The zero-order valence-corrected chi connectivity index (χ0v) is 14.9. The van der Waals surface area contributed by atoms with Crippen LogP contribution >= 0.6 is 0 Å². The highest BCUT2D eigenvalue weighted by atomic mass is 14.6. The Morgan fingerprint density at radius 2 is 1.13 bits per heavy atom. The van der Waals surface area contributed by atoms with Gasteiger partial charge >= 0.3 is 0 Å². The van der Waals surface area contributed by atoms with Gasteiger partial charge in [0.15, 0.2) is 0 Å². The molecule has 2 aromatic rings. The first kappa shape index (κ1) is 17.4. The van der Waals surface area contributed by atoms with Crippen LogP contribution in [0.1, 0.15) is 74.6 Å². The SMILES string of the molecule is CCC(C)c1cc(Cc2ccc(N)c(C(C)CC)c2)ccc1N. The molecule has 23 heavy (non-hydrogen) atoms. The quantitative estimate of drug-likeness (QED) is 0.695. The molecule has 2 nitrogen and oxygen atoms in total. The molecule has 0 radical (unpaired) electrons. The third-order valence-electron chi connectivity index (χ3n) is 5.00. The van der Waals surface area contributed by atoms with Crippen LogP contribution in [-0.4, -0.2) is 0 Å². The molecule has 2 aromatic carbocycles. The molecule has 0 aromatic heterocycles. The number of nitrogen functional groups attached to an aromatic ring is 2. The second-order valence-corrected chi connectivity index (χ2v) is 6.72. The number of nitrogens with two attached hydrogens (primary N) is 2. The zero-order chi connectivity index (χ0) is 17.0. The topological polar surface area (TPSA) is 52.0 Å². The molecule has 2 heteroatoms. The van der Waals surface area contributed by atoms with E-state index in [4.69, 9.17) is 11.5 Å². The summed E-state index contributed by atoms with van der Waals surface area (Å²) in [5.41, 5.74) is 19.3. The predicted octanol–water partition coefficient (Wildman–Crippen LogP) is 5.47. The van der Waals surface area contributed by atoms with E-state index in [2.05, 4.69) is 52.0 Å². The zero-order valence-electron chi connectivity index (χ0n) is 14.9. The van der Waals surface area contributed by atoms with Crippen molar-refractivity contribution in [3.63, 3.8) is 0 Å². The summed E-state index contributed by atoms with van der Waals surface area (Å²) in [5, 5.41) is 0. The van der Waals surface area contributed by atoms with E-state index in [0.29, 0.717) is 11.8 Å². The summed E-state index contributed by atoms with van der Waals surface area (Å²) in [6.07, 6.45) is 3.13. The number of hydrogen-bond acceptors (Lipinski definition) is 2. The van der Waals surface area contributed by atoms with Gasteiger partial charge in [0, 0.05) is 11.4 Å². The highest BCUT2D eigenvalue weighted by Gasteiger charge is 2.11. The molecule has 2 rings (SSSR count). The Balaban J connectivity index is 2.29. The minimum atomic E-state index is 0.497. The average Bonchev–Trinajstić information content (AvgIpc) is 2.56. The van der Waals surface area contributed by atoms with E-state index in [1.54, 1.807) is 0 Å². The molecule has 0 aliphatic heterocycles. The summed E-state index contributed by atoms with van der Waals surface area (Å²) in [7, 11) is 0. The molecule has 0 aliphatic carbocycles. The van der Waals surface area contributed by atoms with Gasteiger partial charge in [0.25, 0.3) is 0 Å². The molecule has 0 spiro atoms. The van der Waals surface area contributed by atoms with Gasteiger partial charge in [0.2, 0.25) is 0 Å². The number of hydrogen-bond donors (Lipinski definition) is 2. The van der Waals surface area contributed by atoms with E-state index < -0.39 is 0 Å². The first-order chi connectivity index (χ1) is 11.0. The fraction of sp³-hybridized carbons (Fsp3) is 0.429. The minimum Gasteiger partial charge on any atom is -0.398 e. The van der Waals surface area contributed by atoms with Crippen LogP contribution in [-0.2, 0) is 6.42 Å². The lowest BCUT2D eigenvalue weighted by atomic mass is 9.91. The Hall–Kier alpha value is -1.96. The van der Waals surface area contributed by atoms with Crippen molar-refractivity contribution >= 4 is 11.4 Å². The molecule has 0 heterocycles. The van der Waals surface area contributed by atoms with Gasteiger partial charge in [-0.3, -0.25) is 0 Å². The second kappa shape index (κ2) is 7.54. The first-order valence-electron chi connectivity index (χ1n) is 8.72. The fourth-order valence-electron chi connectivity index (χ4n) is 3.00. The molecule has 0 aliphatic rings. The Bertz CT molecular complexity index is 603. The maximum atomic E-state index is 6.14. The molecule has 2 unspecified atom stereocenters. The van der Waals surface area contributed by atoms with Crippen molar-refractivity contribution < 1.29 is 0 Å². The third kappa shape index (κ3) is 4.07. The van der Waals surface area contributed by atoms with Gasteiger partial charge < -0.3 is 11.5 Å². The lowest BCUT2D eigenvalue weighted by molar-refractivity contribution is 0.733. The van der Waals surface area contributed by atoms with Crippen molar-refractivity contribution in [3.8, 4) is 0 Å². The van der Waals surface area contributed by atoms with Crippen LogP contribution in [0.5, 0.6) is 0 Å². The molecule has 4 N–H and O–H groups in total. The molecular formula is C21H30N2. The fourth-order valence-corrected chi connectivity index (χ4v) is 3.00. The summed E-state index contributed by atoms with van der Waals surface area (Å²) in [4.78, 5) is 0. The number of anilines is 2. The predicted molar refractivity (Wildman–Crippen MR) is 102 cm³/mol. The Labute approximate surface area is 140 Å². The smallest absolute Gasteiger partial charge is 0.0349 e. The van der Waals surface area contributed by atoms with E-state index >= 15 is 0 Å². The average molecular weight is 310 g/mol. The van der Waals surface area contributed by atoms with E-state index in [1.165, 1.54) is 22.3 Å². The van der Waals surface area contributed by atoms with Gasteiger partial charge in [-0.05, 0) is 65.5 Å². The summed E-state index contributed by atoms with van der Waals surface area (Å²) >= 11 is 0. The van der Waals surface area contributed by atoms with Crippen molar-refractivity contribution in [1.29, 1.82) is 0 Å². The number of benzene rings is 2.